The molecular weight excluding hydrogens is 276 g/mol. The number of carboxylic acid groups (broad SMARTS) is 1. The van der Waals surface area contributed by atoms with Crippen molar-refractivity contribution >= 4 is 24.0 Å². The lowest BCUT2D eigenvalue weighted by Gasteiger charge is -2.50. The highest BCUT2D eigenvalue weighted by molar-refractivity contribution is 8.02. The van der Waals surface area contributed by atoms with Gasteiger partial charge in [0.25, 0.3) is 0 Å². The molecule has 1 rings (SSSR count). The van der Waals surface area contributed by atoms with Gasteiger partial charge in [0.05, 0.1) is 12.5 Å². The lowest BCUT2D eigenvalue weighted by molar-refractivity contribution is -0.138. The highest BCUT2D eigenvalue weighted by Crippen LogP contribution is 2.53. The average molecular weight is 302 g/mol. The van der Waals surface area contributed by atoms with Crippen molar-refractivity contribution in [3.05, 3.63) is 0 Å². The topological polar surface area (TPSA) is 92.4 Å². The summed E-state index contributed by atoms with van der Waals surface area (Å²) in [4.78, 5) is 21.3. The third kappa shape index (κ3) is 5.07. The summed E-state index contributed by atoms with van der Waals surface area (Å²) in [5.41, 5.74) is 6.04. The normalized spacial score (nSPS) is 27.4. The van der Waals surface area contributed by atoms with Crippen molar-refractivity contribution in [3.63, 3.8) is 0 Å². The number of hydrogen-bond acceptors (Lipinski definition) is 5. The number of nitrogens with one attached hydrogen (secondary N) is 1. The Kier molecular flexibility index (Phi) is 6.48. The van der Waals surface area contributed by atoms with E-state index in [0.29, 0.717) is 28.7 Å². The van der Waals surface area contributed by atoms with E-state index in [1.54, 1.807) is 0 Å². The first-order valence-corrected chi connectivity index (χ1v) is 7.98. The number of carbonyl (C=O) groups is 2. The molecule has 6 heteroatoms. The first kappa shape index (κ1) is 17.5. The van der Waals surface area contributed by atoms with Gasteiger partial charge in [0.1, 0.15) is 6.29 Å². The van der Waals surface area contributed by atoms with E-state index in [1.165, 1.54) is 0 Å². The molecule has 1 aliphatic rings. The molecule has 4 N–H and O–H groups in total. The average Bonchev–Trinajstić information content (AvgIpc) is 2.33. The van der Waals surface area contributed by atoms with E-state index >= 15 is 0 Å². The van der Waals surface area contributed by atoms with Gasteiger partial charge in [-0.25, -0.2) is 0 Å². The summed E-state index contributed by atoms with van der Waals surface area (Å²) in [5, 5.41) is 12.2. The third-order valence-corrected chi connectivity index (χ3v) is 5.61. The Hall–Kier alpha value is -0.590. The molecule has 3 unspecified atom stereocenters. The minimum Gasteiger partial charge on any atom is -0.481 e. The van der Waals surface area contributed by atoms with Crippen LogP contribution >= 0.6 is 11.8 Å². The lowest BCUT2D eigenvalue weighted by Crippen LogP contribution is -2.47. The number of aldehydes is 1. The number of aliphatic carboxylic acids is 1. The van der Waals surface area contributed by atoms with Crippen LogP contribution in [0.25, 0.3) is 0 Å². The zero-order valence-corrected chi connectivity index (χ0v) is 13.3. The Morgan fingerprint density at radius 1 is 1.55 bits per heavy atom. The summed E-state index contributed by atoms with van der Waals surface area (Å²) < 4.78 is 0.335. The van der Waals surface area contributed by atoms with E-state index in [0.717, 1.165) is 12.8 Å². The van der Waals surface area contributed by atoms with Crippen LogP contribution in [0.3, 0.4) is 0 Å². The van der Waals surface area contributed by atoms with Crippen LogP contribution in [0.2, 0.25) is 0 Å². The van der Waals surface area contributed by atoms with Crippen LogP contribution in [0.15, 0.2) is 0 Å². The minimum absolute atomic E-state index is 0.0418. The van der Waals surface area contributed by atoms with Gasteiger partial charge in [0, 0.05) is 22.6 Å². The predicted octanol–water partition coefficient (Wildman–Crippen LogP) is 1.26. The van der Waals surface area contributed by atoms with Crippen molar-refractivity contribution in [1.29, 1.82) is 0 Å². The van der Waals surface area contributed by atoms with Gasteiger partial charge in [0.15, 0.2) is 0 Å². The SMILES string of the molecule is CC1SC(C)(C)C1CCC(N)CN[C@H](C=O)CC(=O)O. The van der Waals surface area contributed by atoms with Crippen LogP contribution < -0.4 is 11.1 Å². The Balaban J connectivity index is 2.24. The number of thioether (sulfide) groups is 1. The Morgan fingerprint density at radius 3 is 2.65 bits per heavy atom. The summed E-state index contributed by atoms with van der Waals surface area (Å²) in [6.07, 6.45) is 2.41. The second kappa shape index (κ2) is 7.43. The number of rotatable bonds is 9. The third-order valence-electron chi connectivity index (χ3n) is 4.00. The van der Waals surface area contributed by atoms with E-state index in [4.69, 9.17) is 10.8 Å². The molecule has 1 saturated heterocycles. The van der Waals surface area contributed by atoms with Crippen molar-refractivity contribution in [3.8, 4) is 0 Å². The van der Waals surface area contributed by atoms with Crippen molar-refractivity contribution in [2.45, 2.75) is 62.1 Å². The maximum atomic E-state index is 10.7. The van der Waals surface area contributed by atoms with Gasteiger partial charge < -0.3 is 21.0 Å². The molecule has 116 valence electrons. The highest BCUT2D eigenvalue weighted by atomic mass is 32.2. The predicted molar refractivity (Wildman–Crippen MR) is 81.9 cm³/mol. The van der Waals surface area contributed by atoms with Crippen molar-refractivity contribution < 1.29 is 14.7 Å². The molecule has 1 fully saturated rings. The molecule has 4 atom stereocenters. The quantitative estimate of drug-likeness (QED) is 0.555. The molecule has 0 aliphatic carbocycles. The second-order valence-corrected chi connectivity index (χ2v) is 8.15. The maximum Gasteiger partial charge on any atom is 0.305 e. The van der Waals surface area contributed by atoms with E-state index in [2.05, 4.69) is 26.1 Å². The molecule has 0 bridgehead atoms. The van der Waals surface area contributed by atoms with Gasteiger partial charge in [-0.3, -0.25) is 4.79 Å². The van der Waals surface area contributed by atoms with Crippen molar-refractivity contribution in [1.82, 2.24) is 5.32 Å². The lowest BCUT2D eigenvalue weighted by atomic mass is 9.85. The van der Waals surface area contributed by atoms with E-state index in [9.17, 15) is 9.59 Å². The van der Waals surface area contributed by atoms with Gasteiger partial charge in [-0.15, -0.1) is 0 Å². The molecule has 0 radical (unpaired) electrons. The highest BCUT2D eigenvalue weighted by Gasteiger charge is 2.44. The minimum atomic E-state index is -0.981. The van der Waals surface area contributed by atoms with Crippen molar-refractivity contribution in [2.24, 2.45) is 11.7 Å². The van der Waals surface area contributed by atoms with Crippen LogP contribution in [0.5, 0.6) is 0 Å². The fourth-order valence-electron chi connectivity index (χ4n) is 2.88. The molecule has 0 saturated carbocycles. The number of hydrogen-bond donors (Lipinski definition) is 3. The molecule has 20 heavy (non-hydrogen) atoms. The van der Waals surface area contributed by atoms with Gasteiger partial charge in [0.2, 0.25) is 0 Å². The van der Waals surface area contributed by atoms with Crippen LogP contribution in [0.4, 0.5) is 0 Å². The largest absolute Gasteiger partial charge is 0.481 e. The molecular formula is C14H26N2O3S. The smallest absolute Gasteiger partial charge is 0.305 e. The summed E-state index contributed by atoms with van der Waals surface area (Å²) in [5.74, 6) is -0.301. The number of carbonyl (C=O) groups excluding carboxylic acids is 1. The molecule has 0 amide bonds. The summed E-state index contributed by atoms with van der Waals surface area (Å²) in [6, 6.07) is -0.687. The molecule has 5 nitrogen and oxygen atoms in total. The first-order valence-electron chi connectivity index (χ1n) is 7.10. The summed E-state index contributed by atoms with van der Waals surface area (Å²) in [7, 11) is 0. The van der Waals surface area contributed by atoms with E-state index in [1.807, 2.05) is 11.8 Å². The Morgan fingerprint density at radius 2 is 2.20 bits per heavy atom. The van der Waals surface area contributed by atoms with Crippen LogP contribution in [-0.2, 0) is 9.59 Å². The zero-order valence-electron chi connectivity index (χ0n) is 12.5. The number of carboxylic acids is 1. The molecule has 1 heterocycles. The Bertz CT molecular complexity index is 349. The van der Waals surface area contributed by atoms with Crippen molar-refractivity contribution in [2.75, 3.05) is 6.54 Å². The molecule has 0 spiro atoms. The molecule has 0 aromatic heterocycles. The fourth-order valence-corrected chi connectivity index (χ4v) is 4.75. The van der Waals surface area contributed by atoms with Gasteiger partial charge >= 0.3 is 5.97 Å². The van der Waals surface area contributed by atoms with Crippen LogP contribution in [0.1, 0.15) is 40.0 Å². The van der Waals surface area contributed by atoms with Crippen LogP contribution in [-0.4, -0.2) is 46.0 Å². The van der Waals surface area contributed by atoms with Crippen LogP contribution in [0, 0.1) is 5.92 Å². The standard InChI is InChI=1S/C14H26N2O3S/c1-9-12(14(2,3)20-9)5-4-10(15)7-16-11(8-17)6-13(18)19/h8-12,16H,4-7,15H2,1-3H3,(H,18,19)/t9?,10?,11-,12?/m0/s1. The van der Waals surface area contributed by atoms with E-state index in [-0.39, 0.29) is 12.5 Å². The second-order valence-electron chi connectivity index (χ2n) is 6.12. The van der Waals surface area contributed by atoms with Gasteiger partial charge in [-0.05, 0) is 18.8 Å². The number of nitrogens with two attached hydrogens (primary N) is 1. The maximum absolute atomic E-state index is 10.7. The van der Waals surface area contributed by atoms with Gasteiger partial charge in [-0.1, -0.05) is 20.8 Å². The molecule has 0 aromatic carbocycles. The van der Waals surface area contributed by atoms with Gasteiger partial charge in [-0.2, -0.15) is 11.8 Å². The molecule has 1 aliphatic heterocycles. The monoisotopic (exact) mass is 302 g/mol. The van der Waals surface area contributed by atoms with E-state index < -0.39 is 12.0 Å². The molecule has 0 aromatic rings. The fraction of sp³-hybridized carbons (Fsp3) is 0.857. The Labute approximate surface area is 125 Å². The summed E-state index contributed by atoms with van der Waals surface area (Å²) in [6.45, 7) is 7.26. The summed E-state index contributed by atoms with van der Waals surface area (Å²) >= 11 is 2.01. The first-order chi connectivity index (χ1) is 9.26. The zero-order chi connectivity index (χ0) is 15.3.